The first-order valence-electron chi connectivity index (χ1n) is 13.2. The van der Waals surface area contributed by atoms with Crippen molar-refractivity contribution in [3.63, 3.8) is 0 Å². The van der Waals surface area contributed by atoms with Crippen molar-refractivity contribution in [3.05, 3.63) is 111 Å². The molecule has 2 aliphatic rings. The number of thioether (sulfide) groups is 1. The SMILES string of the molecule is COc1ccc(N2C(N)=C(C#N)C(c3cc(CSc4ccc(C)cc4)c(C)cc3C)C3=C2CCCC3=O)cc1. The Morgan fingerprint density at radius 2 is 1.74 bits per heavy atom. The van der Waals surface area contributed by atoms with Crippen LogP contribution in [0.1, 0.15) is 53.0 Å². The minimum atomic E-state index is -0.476. The van der Waals surface area contributed by atoms with Gasteiger partial charge in [0.2, 0.25) is 0 Å². The van der Waals surface area contributed by atoms with Gasteiger partial charge >= 0.3 is 0 Å². The molecule has 1 heterocycles. The highest BCUT2D eigenvalue weighted by Crippen LogP contribution is 2.47. The molecule has 0 saturated heterocycles. The van der Waals surface area contributed by atoms with E-state index in [0.717, 1.165) is 46.9 Å². The second-order valence-corrected chi connectivity index (χ2v) is 11.3. The summed E-state index contributed by atoms with van der Waals surface area (Å²) in [6.45, 7) is 6.28. The maximum Gasteiger partial charge on any atom is 0.161 e. The number of aryl methyl sites for hydroxylation is 3. The minimum Gasteiger partial charge on any atom is -0.497 e. The number of methoxy groups -OCH3 is 1. The highest BCUT2D eigenvalue weighted by atomic mass is 32.2. The van der Waals surface area contributed by atoms with Crippen molar-refractivity contribution in [1.82, 2.24) is 0 Å². The molecule has 5 nitrogen and oxygen atoms in total. The van der Waals surface area contributed by atoms with Crippen LogP contribution < -0.4 is 15.4 Å². The Morgan fingerprint density at radius 3 is 2.41 bits per heavy atom. The first-order chi connectivity index (χ1) is 18.8. The smallest absolute Gasteiger partial charge is 0.161 e. The van der Waals surface area contributed by atoms with Crippen LogP contribution in [0.25, 0.3) is 0 Å². The van der Waals surface area contributed by atoms with Crippen LogP contribution in [0, 0.1) is 32.1 Å². The van der Waals surface area contributed by atoms with Crippen LogP contribution in [0.2, 0.25) is 0 Å². The van der Waals surface area contributed by atoms with Crippen molar-refractivity contribution in [2.24, 2.45) is 5.73 Å². The third-order valence-electron chi connectivity index (χ3n) is 7.69. The molecular formula is C33H33N3O2S. The van der Waals surface area contributed by atoms with Gasteiger partial charge in [-0.25, -0.2) is 0 Å². The first kappa shape index (κ1) is 26.6. The zero-order chi connectivity index (χ0) is 27.7. The summed E-state index contributed by atoms with van der Waals surface area (Å²) in [7, 11) is 1.63. The fourth-order valence-electron chi connectivity index (χ4n) is 5.60. The van der Waals surface area contributed by atoms with Gasteiger partial charge in [-0.2, -0.15) is 5.26 Å². The van der Waals surface area contributed by atoms with E-state index in [1.807, 2.05) is 29.2 Å². The molecule has 39 heavy (non-hydrogen) atoms. The van der Waals surface area contributed by atoms with E-state index in [1.54, 1.807) is 18.9 Å². The third kappa shape index (κ3) is 5.07. The molecule has 0 fully saturated rings. The molecule has 0 bridgehead atoms. The summed E-state index contributed by atoms with van der Waals surface area (Å²) in [4.78, 5) is 16.7. The summed E-state index contributed by atoms with van der Waals surface area (Å²) >= 11 is 1.79. The fourth-order valence-corrected chi connectivity index (χ4v) is 6.56. The Kier molecular flexibility index (Phi) is 7.54. The van der Waals surface area contributed by atoms with E-state index in [2.05, 4.69) is 63.2 Å². The van der Waals surface area contributed by atoms with Crippen LogP contribution in [0.4, 0.5) is 5.69 Å². The third-order valence-corrected chi connectivity index (χ3v) is 8.76. The summed E-state index contributed by atoms with van der Waals surface area (Å²) in [6, 6.07) is 22.9. The van der Waals surface area contributed by atoms with Crippen LogP contribution in [0.5, 0.6) is 5.75 Å². The molecule has 2 N–H and O–H groups in total. The molecule has 1 atom stereocenters. The Hall–Kier alpha value is -3.95. The second kappa shape index (κ2) is 11.0. The van der Waals surface area contributed by atoms with Crippen molar-refractivity contribution < 1.29 is 9.53 Å². The molecule has 0 saturated carbocycles. The highest BCUT2D eigenvalue weighted by Gasteiger charge is 2.41. The molecule has 0 radical (unpaired) electrons. The summed E-state index contributed by atoms with van der Waals surface area (Å²) in [6.07, 6.45) is 1.97. The quantitative estimate of drug-likeness (QED) is 0.336. The topological polar surface area (TPSA) is 79.3 Å². The monoisotopic (exact) mass is 535 g/mol. The molecule has 1 aliphatic heterocycles. The van der Waals surface area contributed by atoms with Gasteiger partial charge < -0.3 is 10.5 Å². The summed E-state index contributed by atoms with van der Waals surface area (Å²) < 4.78 is 5.33. The maximum atomic E-state index is 13.6. The van der Waals surface area contributed by atoms with Gasteiger partial charge in [0.1, 0.15) is 11.6 Å². The molecular weight excluding hydrogens is 502 g/mol. The lowest BCUT2D eigenvalue weighted by Gasteiger charge is -2.40. The van der Waals surface area contributed by atoms with Gasteiger partial charge in [0.25, 0.3) is 0 Å². The Bertz CT molecular complexity index is 1530. The average Bonchev–Trinajstić information content (AvgIpc) is 2.93. The normalized spacial score (nSPS) is 17.3. The van der Waals surface area contributed by atoms with E-state index in [9.17, 15) is 10.1 Å². The van der Waals surface area contributed by atoms with Crippen LogP contribution >= 0.6 is 11.8 Å². The number of nitriles is 1. The highest BCUT2D eigenvalue weighted by molar-refractivity contribution is 7.98. The number of rotatable bonds is 6. The van der Waals surface area contributed by atoms with Gasteiger partial charge in [0.05, 0.1) is 24.7 Å². The number of ether oxygens (including phenoxy) is 1. The number of carbonyl (C=O) groups is 1. The lowest BCUT2D eigenvalue weighted by Crippen LogP contribution is -2.38. The summed E-state index contributed by atoms with van der Waals surface area (Å²) in [5.74, 6) is 1.54. The van der Waals surface area contributed by atoms with Crippen molar-refractivity contribution in [2.45, 2.75) is 56.6 Å². The van der Waals surface area contributed by atoms with Crippen molar-refractivity contribution in [1.29, 1.82) is 5.26 Å². The molecule has 198 valence electrons. The fraction of sp³-hybridized carbons (Fsp3) is 0.273. The number of allylic oxidation sites excluding steroid dienone is 3. The molecule has 5 rings (SSSR count). The van der Waals surface area contributed by atoms with Crippen molar-refractivity contribution >= 4 is 23.2 Å². The van der Waals surface area contributed by atoms with E-state index in [1.165, 1.54) is 21.6 Å². The zero-order valence-electron chi connectivity index (χ0n) is 22.9. The van der Waals surface area contributed by atoms with Gasteiger partial charge in [-0.1, -0.05) is 29.8 Å². The maximum absolute atomic E-state index is 13.6. The molecule has 1 unspecified atom stereocenters. The van der Waals surface area contributed by atoms with E-state index in [0.29, 0.717) is 23.4 Å². The predicted molar refractivity (Wildman–Crippen MR) is 158 cm³/mol. The zero-order valence-corrected chi connectivity index (χ0v) is 23.7. The Balaban J connectivity index is 1.61. The number of hydrogen-bond donors (Lipinski definition) is 1. The number of nitrogens with zero attached hydrogens (tertiary/aromatic N) is 2. The number of ketones is 1. The van der Waals surface area contributed by atoms with Crippen LogP contribution in [0.3, 0.4) is 0 Å². The van der Waals surface area contributed by atoms with Crippen molar-refractivity contribution in [2.75, 3.05) is 12.0 Å². The summed E-state index contributed by atoms with van der Waals surface area (Å²) in [5.41, 5.74) is 15.3. The van der Waals surface area contributed by atoms with Gasteiger partial charge in [-0.05, 0) is 92.3 Å². The van der Waals surface area contributed by atoms with Gasteiger partial charge in [0.15, 0.2) is 5.78 Å². The molecule has 6 heteroatoms. The van der Waals surface area contributed by atoms with E-state index in [-0.39, 0.29) is 5.78 Å². The van der Waals surface area contributed by atoms with Crippen molar-refractivity contribution in [3.8, 4) is 11.8 Å². The standard InChI is InChI=1S/C33H33N3O2S/c1-20-8-14-26(15-9-20)39-19-23-17-27(22(3)16-21(23)2)31-28(18-34)33(35)36(24-10-12-25(38-4)13-11-24)29-6-5-7-30(37)32(29)31/h8-17,31H,5-7,19,35H2,1-4H3. The molecule has 1 aliphatic carbocycles. The Morgan fingerprint density at radius 1 is 1.03 bits per heavy atom. The lowest BCUT2D eigenvalue weighted by molar-refractivity contribution is -0.116. The van der Waals surface area contributed by atoms with E-state index >= 15 is 0 Å². The van der Waals surface area contributed by atoms with Crippen LogP contribution in [-0.2, 0) is 10.5 Å². The number of nitrogens with two attached hydrogens (primary N) is 1. The molecule has 0 aromatic heterocycles. The van der Waals surface area contributed by atoms with E-state index in [4.69, 9.17) is 10.5 Å². The second-order valence-electron chi connectivity index (χ2n) is 10.3. The largest absolute Gasteiger partial charge is 0.497 e. The molecule has 3 aromatic carbocycles. The number of benzene rings is 3. The molecule has 0 spiro atoms. The summed E-state index contributed by atoms with van der Waals surface area (Å²) in [5, 5.41) is 10.4. The number of Topliss-reactive ketones (excluding diaryl/α,β-unsaturated/α-hetero) is 1. The van der Waals surface area contributed by atoms with Crippen LogP contribution in [-0.4, -0.2) is 12.9 Å². The predicted octanol–water partition coefficient (Wildman–Crippen LogP) is 7.22. The number of anilines is 1. The number of hydrogen-bond acceptors (Lipinski definition) is 6. The van der Waals surface area contributed by atoms with Gasteiger partial charge in [-0.3, -0.25) is 9.69 Å². The number of carbonyl (C=O) groups excluding carboxylic acids is 1. The Labute approximate surface area is 235 Å². The molecule has 3 aromatic rings. The lowest BCUT2D eigenvalue weighted by atomic mass is 9.74. The average molecular weight is 536 g/mol. The molecule has 0 amide bonds. The first-order valence-corrected chi connectivity index (χ1v) is 14.2. The van der Waals surface area contributed by atoms with Gasteiger partial charge in [0, 0.05) is 34.0 Å². The minimum absolute atomic E-state index is 0.0931. The van der Waals surface area contributed by atoms with Gasteiger partial charge in [-0.15, -0.1) is 11.8 Å². The van der Waals surface area contributed by atoms with Crippen LogP contribution in [0.15, 0.2) is 88.2 Å². The van der Waals surface area contributed by atoms with E-state index < -0.39 is 5.92 Å².